The molecule has 0 amide bonds. The number of hydrogen-bond acceptors (Lipinski definition) is 4. The van der Waals surface area contributed by atoms with Crippen molar-refractivity contribution in [1.29, 1.82) is 0 Å². The fourth-order valence-corrected chi connectivity index (χ4v) is 2.86. The molecule has 0 aliphatic heterocycles. The van der Waals surface area contributed by atoms with Crippen molar-refractivity contribution in [3.8, 4) is 11.8 Å². The maximum absolute atomic E-state index is 8.70. The van der Waals surface area contributed by atoms with Crippen LogP contribution in [0.1, 0.15) is 28.1 Å². The molecule has 2 rings (SSSR count). The monoisotopic (exact) mass is 300 g/mol. The SMILES string of the molecule is Cc1ncsc1CN(C)Cc1ccc(C#CCCO)cc1. The first-order chi connectivity index (χ1) is 10.2. The Bertz CT molecular complexity index is 622. The van der Waals surface area contributed by atoms with Crippen molar-refractivity contribution in [1.82, 2.24) is 9.88 Å². The Morgan fingerprint density at radius 3 is 2.62 bits per heavy atom. The fraction of sp³-hybridized carbons (Fsp3) is 0.353. The molecule has 0 saturated carbocycles. The molecule has 1 aromatic carbocycles. The van der Waals surface area contributed by atoms with E-state index in [9.17, 15) is 0 Å². The lowest BCUT2D eigenvalue weighted by molar-refractivity contribution is 0.305. The van der Waals surface area contributed by atoms with Gasteiger partial charge in [-0.3, -0.25) is 4.90 Å². The zero-order valence-corrected chi connectivity index (χ0v) is 13.3. The van der Waals surface area contributed by atoms with E-state index in [0.29, 0.717) is 6.42 Å². The van der Waals surface area contributed by atoms with Gasteiger partial charge in [0.25, 0.3) is 0 Å². The Morgan fingerprint density at radius 1 is 1.24 bits per heavy atom. The van der Waals surface area contributed by atoms with Crippen molar-refractivity contribution in [3.05, 3.63) is 51.5 Å². The van der Waals surface area contributed by atoms with Crippen LogP contribution in [0.5, 0.6) is 0 Å². The van der Waals surface area contributed by atoms with E-state index in [4.69, 9.17) is 5.11 Å². The van der Waals surface area contributed by atoms with Crippen LogP contribution in [0.3, 0.4) is 0 Å². The van der Waals surface area contributed by atoms with E-state index in [-0.39, 0.29) is 6.61 Å². The molecule has 0 saturated heterocycles. The van der Waals surface area contributed by atoms with Crippen molar-refractivity contribution in [3.63, 3.8) is 0 Å². The third kappa shape index (κ3) is 4.98. The molecule has 0 aliphatic carbocycles. The lowest BCUT2D eigenvalue weighted by Crippen LogP contribution is -2.17. The van der Waals surface area contributed by atoms with Gasteiger partial charge in [-0.2, -0.15) is 0 Å². The van der Waals surface area contributed by atoms with E-state index in [1.165, 1.54) is 10.4 Å². The third-order valence-electron chi connectivity index (χ3n) is 3.13. The Labute approximate surface area is 130 Å². The molecule has 2 aromatic rings. The van der Waals surface area contributed by atoms with Gasteiger partial charge in [-0.05, 0) is 31.7 Å². The summed E-state index contributed by atoms with van der Waals surface area (Å²) in [5.41, 5.74) is 5.29. The number of aliphatic hydroxyl groups is 1. The number of rotatable bonds is 5. The van der Waals surface area contributed by atoms with Crippen LogP contribution in [0.4, 0.5) is 0 Å². The molecule has 0 fully saturated rings. The minimum Gasteiger partial charge on any atom is -0.395 e. The van der Waals surface area contributed by atoms with Crippen molar-refractivity contribution in [2.75, 3.05) is 13.7 Å². The Balaban J connectivity index is 1.91. The smallest absolute Gasteiger partial charge is 0.0798 e. The lowest BCUT2D eigenvalue weighted by atomic mass is 10.1. The Hall–Kier alpha value is -1.67. The van der Waals surface area contributed by atoms with Crippen molar-refractivity contribution in [2.45, 2.75) is 26.4 Å². The highest BCUT2D eigenvalue weighted by Gasteiger charge is 2.06. The standard InChI is InChI=1S/C17H20N2OS/c1-14-17(21-13-18-14)12-19(2)11-16-8-6-15(7-9-16)5-3-4-10-20/h6-9,13,20H,4,10-12H2,1-2H3. The van der Waals surface area contributed by atoms with Crippen LogP contribution in [-0.4, -0.2) is 28.6 Å². The fourth-order valence-electron chi connectivity index (χ4n) is 2.00. The molecular weight excluding hydrogens is 280 g/mol. The highest BCUT2D eigenvalue weighted by Crippen LogP contribution is 2.15. The van der Waals surface area contributed by atoms with Crippen LogP contribution < -0.4 is 0 Å². The number of thiazole rings is 1. The van der Waals surface area contributed by atoms with Crippen molar-refractivity contribution < 1.29 is 5.11 Å². The molecule has 110 valence electrons. The molecular formula is C17H20N2OS. The molecule has 0 unspecified atom stereocenters. The number of aromatic nitrogens is 1. The van der Waals surface area contributed by atoms with Crippen LogP contribution in [0, 0.1) is 18.8 Å². The van der Waals surface area contributed by atoms with Gasteiger partial charge < -0.3 is 5.11 Å². The van der Waals surface area contributed by atoms with E-state index < -0.39 is 0 Å². The maximum Gasteiger partial charge on any atom is 0.0798 e. The largest absolute Gasteiger partial charge is 0.395 e. The van der Waals surface area contributed by atoms with Crippen LogP contribution in [0.15, 0.2) is 29.8 Å². The summed E-state index contributed by atoms with van der Waals surface area (Å²) >= 11 is 1.71. The summed E-state index contributed by atoms with van der Waals surface area (Å²) in [6, 6.07) is 8.29. The van der Waals surface area contributed by atoms with Gasteiger partial charge in [-0.25, -0.2) is 4.98 Å². The van der Waals surface area contributed by atoms with Gasteiger partial charge in [0.15, 0.2) is 0 Å². The second-order valence-electron chi connectivity index (χ2n) is 5.01. The first kappa shape index (κ1) is 15.7. The van der Waals surface area contributed by atoms with E-state index in [0.717, 1.165) is 24.3 Å². The molecule has 1 N–H and O–H groups in total. The average molecular weight is 300 g/mol. The summed E-state index contributed by atoms with van der Waals surface area (Å²) < 4.78 is 0. The highest BCUT2D eigenvalue weighted by molar-refractivity contribution is 7.09. The number of nitrogens with zero attached hydrogens (tertiary/aromatic N) is 2. The summed E-state index contributed by atoms with van der Waals surface area (Å²) in [5.74, 6) is 5.97. The summed E-state index contributed by atoms with van der Waals surface area (Å²) in [4.78, 5) is 7.89. The van der Waals surface area contributed by atoms with Crippen LogP contribution in [-0.2, 0) is 13.1 Å². The van der Waals surface area contributed by atoms with Gasteiger partial charge in [-0.1, -0.05) is 24.0 Å². The average Bonchev–Trinajstić information content (AvgIpc) is 2.86. The molecule has 0 bridgehead atoms. The van der Waals surface area contributed by atoms with Crippen LogP contribution in [0.25, 0.3) is 0 Å². The lowest BCUT2D eigenvalue weighted by Gasteiger charge is -2.16. The second kappa shape index (κ2) is 7.94. The summed E-state index contributed by atoms with van der Waals surface area (Å²) in [6.07, 6.45) is 0.526. The second-order valence-corrected chi connectivity index (χ2v) is 5.94. The van der Waals surface area contributed by atoms with Gasteiger partial charge in [-0.15, -0.1) is 11.3 Å². The zero-order chi connectivity index (χ0) is 15.1. The molecule has 0 aliphatic rings. The first-order valence-electron chi connectivity index (χ1n) is 6.95. The van der Waals surface area contributed by atoms with Crippen molar-refractivity contribution in [2.24, 2.45) is 0 Å². The predicted molar refractivity (Wildman–Crippen MR) is 87.0 cm³/mol. The van der Waals surface area contributed by atoms with Crippen molar-refractivity contribution >= 4 is 11.3 Å². The normalized spacial score (nSPS) is 10.5. The summed E-state index contributed by atoms with van der Waals surface area (Å²) in [5, 5.41) is 8.70. The summed E-state index contributed by atoms with van der Waals surface area (Å²) in [7, 11) is 2.12. The first-order valence-corrected chi connectivity index (χ1v) is 7.83. The van der Waals surface area contributed by atoms with E-state index in [1.807, 2.05) is 17.6 Å². The number of aliphatic hydroxyl groups excluding tert-OH is 1. The van der Waals surface area contributed by atoms with Gasteiger partial charge >= 0.3 is 0 Å². The number of benzene rings is 1. The molecule has 1 aromatic heterocycles. The van der Waals surface area contributed by atoms with Gasteiger partial charge in [0.2, 0.25) is 0 Å². The predicted octanol–water partition coefficient (Wildman–Crippen LogP) is 2.82. The number of aryl methyl sites for hydroxylation is 1. The zero-order valence-electron chi connectivity index (χ0n) is 12.5. The van der Waals surface area contributed by atoms with Gasteiger partial charge in [0.05, 0.1) is 17.8 Å². The third-order valence-corrected chi connectivity index (χ3v) is 4.05. The summed E-state index contributed by atoms with van der Waals surface area (Å²) in [6.45, 7) is 4.00. The van der Waals surface area contributed by atoms with E-state index >= 15 is 0 Å². The van der Waals surface area contributed by atoms with Crippen LogP contribution in [0.2, 0.25) is 0 Å². The topological polar surface area (TPSA) is 36.4 Å². The molecule has 0 radical (unpaired) electrons. The highest BCUT2D eigenvalue weighted by atomic mass is 32.1. The maximum atomic E-state index is 8.70. The molecule has 3 nitrogen and oxygen atoms in total. The van der Waals surface area contributed by atoms with E-state index in [1.54, 1.807) is 11.3 Å². The molecule has 0 spiro atoms. The van der Waals surface area contributed by atoms with Crippen LogP contribution >= 0.6 is 11.3 Å². The Morgan fingerprint density at radius 2 is 2.00 bits per heavy atom. The quantitative estimate of drug-likeness (QED) is 0.863. The molecule has 1 heterocycles. The van der Waals surface area contributed by atoms with E-state index in [2.05, 4.69) is 47.8 Å². The molecule has 21 heavy (non-hydrogen) atoms. The minimum atomic E-state index is 0.118. The minimum absolute atomic E-state index is 0.118. The molecule has 0 atom stereocenters. The number of hydrogen-bond donors (Lipinski definition) is 1. The van der Waals surface area contributed by atoms with Gasteiger partial charge in [0, 0.05) is 30.0 Å². The molecule has 4 heteroatoms. The Kier molecular flexibility index (Phi) is 5.94. The van der Waals surface area contributed by atoms with Gasteiger partial charge in [0.1, 0.15) is 0 Å².